The molecule has 0 bridgehead atoms. The maximum atomic E-state index is 12.2. The maximum Gasteiger partial charge on any atom is 0.446 e. The molecule has 19 heavy (non-hydrogen) atoms. The number of aromatic nitrogens is 1. The Morgan fingerprint density at radius 3 is 2.79 bits per heavy atom. The molecule has 0 aliphatic rings. The van der Waals surface area contributed by atoms with Gasteiger partial charge in [0, 0.05) is 21.7 Å². The first-order valence-electron chi connectivity index (χ1n) is 5.12. The zero-order valence-electron chi connectivity index (χ0n) is 9.37. The van der Waals surface area contributed by atoms with E-state index in [4.69, 9.17) is 11.6 Å². The number of nitrogens with zero attached hydrogens (tertiary/aromatic N) is 1. The Morgan fingerprint density at radius 2 is 2.16 bits per heavy atom. The van der Waals surface area contributed by atoms with Crippen molar-refractivity contribution in [2.45, 2.75) is 16.9 Å². The highest BCUT2D eigenvalue weighted by atomic mass is 35.5. The molecule has 0 unspecified atom stereocenters. The lowest BCUT2D eigenvalue weighted by molar-refractivity contribution is -0.0328. The van der Waals surface area contributed by atoms with E-state index >= 15 is 0 Å². The predicted molar refractivity (Wildman–Crippen MR) is 72.8 cm³/mol. The summed E-state index contributed by atoms with van der Waals surface area (Å²) in [7, 11) is 0. The quantitative estimate of drug-likeness (QED) is 0.799. The first-order chi connectivity index (χ1) is 8.92. The number of benzene rings is 1. The van der Waals surface area contributed by atoms with Crippen LogP contribution >= 0.6 is 34.7 Å². The fourth-order valence-corrected chi connectivity index (χ4v) is 2.88. The second-order valence-corrected chi connectivity index (χ2v) is 6.34. The van der Waals surface area contributed by atoms with E-state index in [0.29, 0.717) is 16.7 Å². The lowest BCUT2D eigenvalue weighted by Gasteiger charge is -2.08. The van der Waals surface area contributed by atoms with Crippen molar-refractivity contribution in [1.82, 2.24) is 4.98 Å². The summed E-state index contributed by atoms with van der Waals surface area (Å²) in [4.78, 5) is 4.95. The maximum absolute atomic E-state index is 12.2. The predicted octanol–water partition coefficient (Wildman–Crippen LogP) is 5.02. The van der Waals surface area contributed by atoms with Crippen LogP contribution < -0.4 is 5.32 Å². The molecule has 102 valence electrons. The Balaban J connectivity index is 1.99. The number of nitrogens with one attached hydrogen (secondary N) is 1. The van der Waals surface area contributed by atoms with E-state index in [1.54, 1.807) is 18.3 Å². The number of anilines is 1. The van der Waals surface area contributed by atoms with Gasteiger partial charge in [-0.15, -0.1) is 11.3 Å². The Kier molecular flexibility index (Phi) is 4.59. The van der Waals surface area contributed by atoms with Crippen LogP contribution in [0.15, 0.2) is 35.4 Å². The van der Waals surface area contributed by atoms with Crippen molar-refractivity contribution in [3.8, 4) is 0 Å². The summed E-state index contributed by atoms with van der Waals surface area (Å²) in [5.41, 5.74) is -3.65. The zero-order chi connectivity index (χ0) is 13.9. The molecule has 0 atom stereocenters. The number of halogens is 4. The second-order valence-electron chi connectivity index (χ2n) is 3.51. The lowest BCUT2D eigenvalue weighted by Crippen LogP contribution is -2.00. The van der Waals surface area contributed by atoms with Crippen LogP contribution in [0.1, 0.15) is 4.88 Å². The topological polar surface area (TPSA) is 24.9 Å². The third-order valence-corrected chi connectivity index (χ3v) is 3.90. The van der Waals surface area contributed by atoms with Gasteiger partial charge in [0.15, 0.2) is 4.47 Å². The molecule has 2 rings (SSSR count). The minimum absolute atomic E-state index is 0.130. The van der Waals surface area contributed by atoms with E-state index in [9.17, 15) is 13.2 Å². The number of alkyl halides is 3. The van der Waals surface area contributed by atoms with Gasteiger partial charge in [0.2, 0.25) is 0 Å². The molecule has 0 aliphatic carbocycles. The van der Waals surface area contributed by atoms with Gasteiger partial charge < -0.3 is 5.32 Å². The molecule has 0 saturated carbocycles. The molecule has 0 amide bonds. The molecular weight excluding hydrogens is 317 g/mol. The Hall–Kier alpha value is -0.920. The molecule has 2 aromatic rings. The number of hydrogen-bond acceptors (Lipinski definition) is 4. The molecule has 0 radical (unpaired) electrons. The molecule has 0 fully saturated rings. The molecule has 8 heteroatoms. The van der Waals surface area contributed by atoms with Gasteiger partial charge in [0.25, 0.3) is 0 Å². The van der Waals surface area contributed by atoms with Crippen LogP contribution in [-0.4, -0.2) is 10.5 Å². The summed E-state index contributed by atoms with van der Waals surface area (Å²) in [6.07, 6.45) is 1.63. The summed E-state index contributed by atoms with van der Waals surface area (Å²) in [5, 5.41) is 3.03. The normalized spacial score (nSPS) is 11.6. The monoisotopic (exact) mass is 324 g/mol. The van der Waals surface area contributed by atoms with Crippen molar-refractivity contribution in [2.24, 2.45) is 0 Å². The summed E-state index contributed by atoms with van der Waals surface area (Å²) in [5.74, 6) is 0. The van der Waals surface area contributed by atoms with E-state index in [2.05, 4.69) is 10.3 Å². The number of thioether (sulfide) groups is 1. The van der Waals surface area contributed by atoms with E-state index < -0.39 is 5.51 Å². The molecule has 1 N–H and O–H groups in total. The van der Waals surface area contributed by atoms with E-state index in [1.165, 1.54) is 23.5 Å². The van der Waals surface area contributed by atoms with Gasteiger partial charge >= 0.3 is 5.51 Å². The number of thiazole rings is 1. The van der Waals surface area contributed by atoms with Gasteiger partial charge in [-0.05, 0) is 30.0 Å². The average Bonchev–Trinajstić information content (AvgIpc) is 2.71. The summed E-state index contributed by atoms with van der Waals surface area (Å²) in [6, 6.07) is 6.17. The van der Waals surface area contributed by atoms with E-state index in [0.717, 1.165) is 4.88 Å². The molecule has 0 saturated heterocycles. The first kappa shape index (κ1) is 14.5. The lowest BCUT2D eigenvalue weighted by atomic mass is 10.3. The third-order valence-electron chi connectivity index (χ3n) is 2.06. The fourth-order valence-electron chi connectivity index (χ4n) is 1.36. The van der Waals surface area contributed by atoms with Crippen molar-refractivity contribution < 1.29 is 13.2 Å². The van der Waals surface area contributed by atoms with Crippen molar-refractivity contribution >= 4 is 40.4 Å². The van der Waals surface area contributed by atoms with Crippen molar-refractivity contribution in [3.05, 3.63) is 39.8 Å². The largest absolute Gasteiger partial charge is 0.446 e. The summed E-state index contributed by atoms with van der Waals surface area (Å²) >= 11 is 6.89. The molecule has 1 heterocycles. The highest BCUT2D eigenvalue weighted by molar-refractivity contribution is 8.00. The highest BCUT2D eigenvalue weighted by Crippen LogP contribution is 2.37. The van der Waals surface area contributed by atoms with Gasteiger partial charge in [-0.2, -0.15) is 13.2 Å². The SMILES string of the molecule is FC(F)(F)Sc1cccc(NCc2cnc(Cl)s2)c1. The molecule has 1 aromatic heterocycles. The van der Waals surface area contributed by atoms with E-state index in [-0.39, 0.29) is 16.7 Å². The second kappa shape index (κ2) is 6.02. The van der Waals surface area contributed by atoms with Gasteiger partial charge in [0.1, 0.15) is 0 Å². The first-order valence-corrected chi connectivity index (χ1v) is 7.13. The van der Waals surface area contributed by atoms with Gasteiger partial charge in [0.05, 0.1) is 6.54 Å². The standard InChI is InChI=1S/C11H8ClF3N2S2/c12-10-17-6-9(18-10)5-16-7-2-1-3-8(4-7)19-11(13,14)15/h1-4,6,16H,5H2. The van der Waals surface area contributed by atoms with Crippen molar-refractivity contribution in [3.63, 3.8) is 0 Å². The molecule has 1 aromatic carbocycles. The van der Waals surface area contributed by atoms with E-state index in [1.807, 2.05) is 0 Å². The zero-order valence-corrected chi connectivity index (χ0v) is 11.8. The van der Waals surface area contributed by atoms with Crippen molar-refractivity contribution in [1.29, 1.82) is 0 Å². The summed E-state index contributed by atoms with van der Waals surface area (Å²) in [6.45, 7) is 0.477. The molecule has 2 nitrogen and oxygen atoms in total. The van der Waals surface area contributed by atoms with Gasteiger partial charge in [-0.25, -0.2) is 4.98 Å². The van der Waals surface area contributed by atoms with Crippen molar-refractivity contribution in [2.75, 3.05) is 5.32 Å². The van der Waals surface area contributed by atoms with Crippen LogP contribution in [0.3, 0.4) is 0 Å². The Labute approximate surface area is 121 Å². The molecule has 0 aliphatic heterocycles. The molecule has 0 spiro atoms. The fraction of sp³-hybridized carbons (Fsp3) is 0.182. The van der Waals surface area contributed by atoms with Crippen LogP contribution in [0.2, 0.25) is 4.47 Å². The molecular formula is C11H8ClF3N2S2. The average molecular weight is 325 g/mol. The Bertz CT molecular complexity index is 557. The smallest absolute Gasteiger partial charge is 0.380 e. The van der Waals surface area contributed by atoms with Crippen LogP contribution in [0.4, 0.5) is 18.9 Å². The third kappa shape index (κ3) is 4.93. The van der Waals surface area contributed by atoms with Gasteiger partial charge in [-0.3, -0.25) is 0 Å². The highest BCUT2D eigenvalue weighted by Gasteiger charge is 2.29. The van der Waals surface area contributed by atoms with Crippen LogP contribution in [-0.2, 0) is 6.54 Å². The number of hydrogen-bond donors (Lipinski definition) is 1. The Morgan fingerprint density at radius 1 is 1.37 bits per heavy atom. The van der Waals surface area contributed by atoms with Crippen LogP contribution in [0.5, 0.6) is 0 Å². The van der Waals surface area contributed by atoms with Crippen LogP contribution in [0, 0.1) is 0 Å². The number of rotatable bonds is 4. The minimum Gasteiger partial charge on any atom is -0.380 e. The van der Waals surface area contributed by atoms with Crippen LogP contribution in [0.25, 0.3) is 0 Å². The summed E-state index contributed by atoms with van der Waals surface area (Å²) < 4.78 is 37.2. The minimum atomic E-state index is -4.27. The van der Waals surface area contributed by atoms with Gasteiger partial charge in [-0.1, -0.05) is 17.7 Å².